The van der Waals surface area contributed by atoms with Gasteiger partial charge in [0.2, 0.25) is 5.91 Å². The molecule has 1 aliphatic carbocycles. The third-order valence-corrected chi connectivity index (χ3v) is 5.12. The highest BCUT2D eigenvalue weighted by atomic mass is 79.9. The second kappa shape index (κ2) is 4.66. The number of carbonyl (C=O) groups is 1. The number of carbonyl (C=O) groups excluding carboxylic acids is 1. The molecule has 1 saturated carbocycles. The Balaban J connectivity index is 2.15. The van der Waals surface area contributed by atoms with Crippen LogP contribution in [0.1, 0.15) is 31.0 Å². The van der Waals surface area contributed by atoms with Crippen molar-refractivity contribution in [1.29, 1.82) is 0 Å². The van der Waals surface area contributed by atoms with E-state index < -0.39 is 16.9 Å². The van der Waals surface area contributed by atoms with Gasteiger partial charge in [0, 0.05) is 12.1 Å². The van der Waals surface area contributed by atoms with Crippen molar-refractivity contribution >= 4 is 21.8 Å². The van der Waals surface area contributed by atoms with E-state index in [1.54, 1.807) is 13.0 Å². The number of primary amides is 1. The zero-order chi connectivity index (χ0) is 15.4. The number of amides is 1. The van der Waals surface area contributed by atoms with Crippen LogP contribution in [-0.2, 0) is 15.8 Å². The Labute approximate surface area is 131 Å². The van der Waals surface area contributed by atoms with Gasteiger partial charge in [-0.1, -0.05) is 0 Å². The second-order valence-corrected chi connectivity index (χ2v) is 6.81. The highest BCUT2D eigenvalue weighted by Gasteiger charge is 2.48. The summed E-state index contributed by atoms with van der Waals surface area (Å²) in [7, 11) is 0. The van der Waals surface area contributed by atoms with Crippen LogP contribution < -0.4 is 16.2 Å². The average molecular weight is 356 g/mol. The maximum Gasteiger partial charge on any atom is 0.231 e. The molecular formula is C14H18BrN3O3. The van der Waals surface area contributed by atoms with Crippen LogP contribution in [-0.4, -0.2) is 29.1 Å². The van der Waals surface area contributed by atoms with E-state index in [0.717, 1.165) is 12.8 Å². The molecule has 2 aliphatic rings. The van der Waals surface area contributed by atoms with Crippen LogP contribution in [0.2, 0.25) is 0 Å². The molecule has 1 aromatic rings. The maximum absolute atomic E-state index is 11.8. The van der Waals surface area contributed by atoms with Gasteiger partial charge in [-0.15, -0.1) is 0 Å². The van der Waals surface area contributed by atoms with E-state index in [0.29, 0.717) is 21.6 Å². The minimum absolute atomic E-state index is 0.0873. The van der Waals surface area contributed by atoms with Crippen molar-refractivity contribution in [3.05, 3.63) is 21.9 Å². The Morgan fingerprint density at radius 2 is 2.33 bits per heavy atom. The zero-order valence-corrected chi connectivity index (χ0v) is 13.3. The monoisotopic (exact) mass is 355 g/mol. The summed E-state index contributed by atoms with van der Waals surface area (Å²) in [6.07, 6.45) is 1.85. The van der Waals surface area contributed by atoms with Gasteiger partial charge in [-0.3, -0.25) is 4.79 Å². The standard InChI is InChI=1S/C14H18BrN3O3/c1-13(12(17)19)6-21-10-8(13)4-9(18-11(10)15)14(20,5-16)7-2-3-7/h4,7,20H,2-3,5-6,16H2,1H3,(H2,17,19)/t13-,14?/m0/s1. The van der Waals surface area contributed by atoms with Crippen LogP contribution >= 0.6 is 15.9 Å². The first kappa shape index (κ1) is 14.7. The highest BCUT2D eigenvalue weighted by Crippen LogP contribution is 2.48. The lowest BCUT2D eigenvalue weighted by atomic mass is 9.82. The minimum Gasteiger partial charge on any atom is -0.489 e. The SMILES string of the molecule is C[C@]1(C(N)=O)COc2c1cc(C(O)(CN)C1CC1)nc2Br. The molecule has 1 fully saturated rings. The van der Waals surface area contributed by atoms with E-state index in [1.807, 2.05) is 0 Å². The van der Waals surface area contributed by atoms with Crippen LogP contribution in [0.25, 0.3) is 0 Å². The molecule has 0 saturated heterocycles. The molecule has 1 amide bonds. The fourth-order valence-corrected chi connectivity index (χ4v) is 3.33. The van der Waals surface area contributed by atoms with Gasteiger partial charge in [-0.05, 0) is 47.7 Å². The molecule has 0 bridgehead atoms. The van der Waals surface area contributed by atoms with Gasteiger partial charge in [-0.2, -0.15) is 0 Å². The lowest BCUT2D eigenvalue weighted by molar-refractivity contribution is -0.123. The van der Waals surface area contributed by atoms with Crippen molar-refractivity contribution in [2.75, 3.05) is 13.2 Å². The molecule has 1 unspecified atom stereocenters. The fraction of sp³-hybridized carbons (Fsp3) is 0.571. The quantitative estimate of drug-likeness (QED) is 0.682. The Hall–Kier alpha value is -1.18. The summed E-state index contributed by atoms with van der Waals surface area (Å²) >= 11 is 3.35. The normalized spacial score (nSPS) is 26.9. The smallest absolute Gasteiger partial charge is 0.231 e. The molecule has 6 nitrogen and oxygen atoms in total. The van der Waals surface area contributed by atoms with Gasteiger partial charge in [0.15, 0.2) is 5.75 Å². The van der Waals surface area contributed by atoms with Crippen molar-refractivity contribution in [3.8, 4) is 5.75 Å². The summed E-state index contributed by atoms with van der Waals surface area (Å²) in [5.41, 5.74) is 10.3. The molecule has 3 rings (SSSR count). The molecule has 1 aliphatic heterocycles. The third-order valence-electron chi connectivity index (χ3n) is 4.58. The maximum atomic E-state index is 11.8. The first-order valence-corrected chi connectivity index (χ1v) is 7.69. The number of hydrogen-bond donors (Lipinski definition) is 3. The van der Waals surface area contributed by atoms with Gasteiger partial charge in [0.1, 0.15) is 22.2 Å². The number of hydrogen-bond acceptors (Lipinski definition) is 5. The second-order valence-electron chi connectivity index (χ2n) is 6.06. The van der Waals surface area contributed by atoms with E-state index in [2.05, 4.69) is 20.9 Å². The molecule has 0 spiro atoms. The third kappa shape index (κ3) is 2.06. The molecule has 5 N–H and O–H groups in total. The highest BCUT2D eigenvalue weighted by molar-refractivity contribution is 9.10. The summed E-state index contributed by atoms with van der Waals surface area (Å²) in [4.78, 5) is 16.2. The van der Waals surface area contributed by atoms with Crippen LogP contribution in [0, 0.1) is 5.92 Å². The Morgan fingerprint density at radius 3 is 2.86 bits per heavy atom. The van der Waals surface area contributed by atoms with E-state index in [9.17, 15) is 9.90 Å². The van der Waals surface area contributed by atoms with Gasteiger partial charge >= 0.3 is 0 Å². The largest absolute Gasteiger partial charge is 0.489 e. The summed E-state index contributed by atoms with van der Waals surface area (Å²) < 4.78 is 6.03. The van der Waals surface area contributed by atoms with Crippen molar-refractivity contribution in [2.45, 2.75) is 30.8 Å². The van der Waals surface area contributed by atoms with Crippen LogP contribution in [0.4, 0.5) is 0 Å². The molecule has 2 atom stereocenters. The lowest BCUT2D eigenvalue weighted by Gasteiger charge is -2.27. The number of aromatic nitrogens is 1. The number of fused-ring (bicyclic) bond motifs is 1. The molecule has 2 heterocycles. The molecule has 0 aromatic carbocycles. The number of ether oxygens (including phenoxy) is 1. The number of halogens is 1. The molecule has 0 radical (unpaired) electrons. The summed E-state index contributed by atoms with van der Waals surface area (Å²) in [5.74, 6) is 0.158. The predicted molar refractivity (Wildman–Crippen MR) is 79.7 cm³/mol. The molecular weight excluding hydrogens is 338 g/mol. The molecule has 7 heteroatoms. The number of nitrogens with two attached hydrogens (primary N) is 2. The summed E-state index contributed by atoms with van der Waals surface area (Å²) in [6.45, 7) is 1.99. The summed E-state index contributed by atoms with van der Waals surface area (Å²) in [5, 5.41) is 10.8. The fourth-order valence-electron chi connectivity index (χ4n) is 2.81. The van der Waals surface area contributed by atoms with E-state index in [-0.39, 0.29) is 19.1 Å². The van der Waals surface area contributed by atoms with Crippen molar-refractivity contribution in [1.82, 2.24) is 4.98 Å². The van der Waals surface area contributed by atoms with Crippen molar-refractivity contribution < 1.29 is 14.6 Å². The van der Waals surface area contributed by atoms with Gasteiger partial charge in [-0.25, -0.2) is 4.98 Å². The topological polar surface area (TPSA) is 111 Å². The number of rotatable bonds is 4. The first-order chi connectivity index (χ1) is 9.83. The van der Waals surface area contributed by atoms with Gasteiger partial charge in [0.05, 0.1) is 5.69 Å². The van der Waals surface area contributed by atoms with Gasteiger partial charge in [0.25, 0.3) is 0 Å². The van der Waals surface area contributed by atoms with E-state index in [4.69, 9.17) is 16.2 Å². The van der Waals surface area contributed by atoms with Crippen LogP contribution in [0.5, 0.6) is 5.75 Å². The van der Waals surface area contributed by atoms with Crippen molar-refractivity contribution in [2.24, 2.45) is 17.4 Å². The van der Waals surface area contributed by atoms with Crippen LogP contribution in [0.15, 0.2) is 10.7 Å². The zero-order valence-electron chi connectivity index (χ0n) is 11.7. The summed E-state index contributed by atoms with van der Waals surface area (Å²) in [6, 6.07) is 1.71. The number of nitrogens with zero attached hydrogens (tertiary/aromatic N) is 1. The number of pyridine rings is 1. The first-order valence-electron chi connectivity index (χ1n) is 6.89. The molecule has 1 aromatic heterocycles. The number of aliphatic hydroxyl groups is 1. The van der Waals surface area contributed by atoms with Crippen LogP contribution in [0.3, 0.4) is 0 Å². The predicted octanol–water partition coefficient (Wildman–Crippen LogP) is 0.536. The minimum atomic E-state index is -1.17. The van der Waals surface area contributed by atoms with E-state index >= 15 is 0 Å². The molecule has 114 valence electrons. The average Bonchev–Trinajstić information content (AvgIpc) is 3.24. The molecule has 21 heavy (non-hydrogen) atoms. The van der Waals surface area contributed by atoms with Crippen molar-refractivity contribution in [3.63, 3.8) is 0 Å². The Kier molecular flexibility index (Phi) is 3.27. The lowest BCUT2D eigenvalue weighted by Crippen LogP contribution is -2.41. The van der Waals surface area contributed by atoms with Gasteiger partial charge < -0.3 is 21.3 Å². The Morgan fingerprint density at radius 1 is 1.67 bits per heavy atom. The van der Waals surface area contributed by atoms with E-state index in [1.165, 1.54) is 0 Å². The Bertz CT molecular complexity index is 620.